The van der Waals surface area contributed by atoms with Gasteiger partial charge in [-0.2, -0.15) is 0 Å². The molecule has 0 fully saturated rings. The predicted molar refractivity (Wildman–Crippen MR) is 83.7 cm³/mol. The lowest BCUT2D eigenvalue weighted by Crippen LogP contribution is -2.55. The van der Waals surface area contributed by atoms with E-state index in [1.807, 2.05) is 32.0 Å². The second-order valence-corrected chi connectivity index (χ2v) is 6.25. The molecule has 0 heterocycles. The van der Waals surface area contributed by atoms with Gasteiger partial charge in [-0.05, 0) is 54.0 Å². The zero-order chi connectivity index (χ0) is 13.9. The molecule has 18 heavy (non-hydrogen) atoms. The van der Waals surface area contributed by atoms with Gasteiger partial charge in [-0.25, -0.2) is 0 Å². The normalized spacial score (nSPS) is 14.4. The van der Waals surface area contributed by atoms with Gasteiger partial charge in [0.05, 0.1) is 11.1 Å². The van der Waals surface area contributed by atoms with Crippen LogP contribution in [0.4, 0.5) is 0 Å². The molecule has 1 rings (SSSR count). The minimum Gasteiger partial charge on any atom is -0.345 e. The van der Waals surface area contributed by atoms with E-state index in [1.54, 1.807) is 0 Å². The number of rotatable bonds is 4. The van der Waals surface area contributed by atoms with Crippen LogP contribution in [0.1, 0.15) is 36.7 Å². The first kappa shape index (κ1) is 15.4. The van der Waals surface area contributed by atoms with Crippen molar-refractivity contribution in [3.63, 3.8) is 0 Å². The summed E-state index contributed by atoms with van der Waals surface area (Å²) in [5.41, 5.74) is 7.25. The molecule has 0 saturated carbocycles. The Morgan fingerprint density at radius 2 is 2.11 bits per heavy atom. The molecule has 0 radical (unpaired) electrons. The molecule has 0 saturated heterocycles. The third kappa shape index (κ3) is 3.23. The fourth-order valence-corrected chi connectivity index (χ4v) is 2.19. The van der Waals surface area contributed by atoms with Gasteiger partial charge in [-0.1, -0.05) is 26.0 Å². The Bertz CT molecular complexity index is 445. The number of amides is 1. The van der Waals surface area contributed by atoms with Gasteiger partial charge in [0.1, 0.15) is 0 Å². The summed E-state index contributed by atoms with van der Waals surface area (Å²) in [6.07, 6.45) is 0. The van der Waals surface area contributed by atoms with Gasteiger partial charge in [0.15, 0.2) is 0 Å². The highest BCUT2D eigenvalue weighted by atomic mass is 127. The van der Waals surface area contributed by atoms with E-state index in [0.717, 1.165) is 14.7 Å². The Morgan fingerprint density at radius 3 is 2.61 bits per heavy atom. The van der Waals surface area contributed by atoms with Crippen molar-refractivity contribution in [1.82, 2.24) is 5.32 Å². The van der Waals surface area contributed by atoms with E-state index >= 15 is 0 Å². The van der Waals surface area contributed by atoms with Crippen LogP contribution in [0, 0.1) is 16.4 Å². The number of halogens is 1. The molecule has 1 atom stereocenters. The molecule has 0 spiro atoms. The lowest BCUT2D eigenvalue weighted by atomic mass is 9.88. The van der Waals surface area contributed by atoms with Gasteiger partial charge in [-0.3, -0.25) is 4.79 Å². The zero-order valence-electron chi connectivity index (χ0n) is 11.4. The standard InChI is InChI=1S/C14H21IN2O/c1-9(2)14(4,8-16)17-13(18)11-7-5-6-10(3)12(11)15/h5-7,9H,8,16H2,1-4H3,(H,17,18). The number of carbonyl (C=O) groups is 1. The van der Waals surface area contributed by atoms with Gasteiger partial charge in [0, 0.05) is 10.1 Å². The molecule has 4 heteroatoms. The molecule has 0 aliphatic heterocycles. The maximum Gasteiger partial charge on any atom is 0.252 e. The topological polar surface area (TPSA) is 55.1 Å². The molecular formula is C14H21IN2O. The molecule has 3 nitrogen and oxygen atoms in total. The Kier molecular flexibility index (Phi) is 5.16. The molecular weight excluding hydrogens is 339 g/mol. The molecule has 100 valence electrons. The van der Waals surface area contributed by atoms with E-state index in [0.29, 0.717) is 6.54 Å². The summed E-state index contributed by atoms with van der Waals surface area (Å²) in [5, 5.41) is 3.06. The van der Waals surface area contributed by atoms with Crippen molar-refractivity contribution < 1.29 is 4.79 Å². The maximum absolute atomic E-state index is 12.3. The second kappa shape index (κ2) is 6.02. The van der Waals surface area contributed by atoms with Crippen molar-refractivity contribution in [3.05, 3.63) is 32.9 Å². The summed E-state index contributed by atoms with van der Waals surface area (Å²) in [6.45, 7) is 8.54. The number of aryl methyl sites for hydroxylation is 1. The van der Waals surface area contributed by atoms with Gasteiger partial charge in [0.25, 0.3) is 5.91 Å². The third-order valence-electron chi connectivity index (χ3n) is 3.53. The monoisotopic (exact) mass is 360 g/mol. The number of nitrogens with one attached hydrogen (secondary N) is 1. The lowest BCUT2D eigenvalue weighted by molar-refractivity contribution is 0.0882. The van der Waals surface area contributed by atoms with Gasteiger partial charge in [0.2, 0.25) is 0 Å². The quantitative estimate of drug-likeness (QED) is 0.812. The van der Waals surface area contributed by atoms with E-state index in [4.69, 9.17) is 5.73 Å². The molecule has 1 aromatic carbocycles. The second-order valence-electron chi connectivity index (χ2n) is 5.17. The molecule has 1 unspecified atom stereocenters. The van der Waals surface area contributed by atoms with E-state index in [2.05, 4.69) is 41.8 Å². The molecule has 0 aliphatic carbocycles. The van der Waals surface area contributed by atoms with E-state index in [1.165, 1.54) is 0 Å². The first-order valence-corrected chi connectivity index (χ1v) is 7.17. The van der Waals surface area contributed by atoms with Gasteiger partial charge in [-0.15, -0.1) is 0 Å². The van der Waals surface area contributed by atoms with Gasteiger partial charge < -0.3 is 11.1 Å². The summed E-state index contributed by atoms with van der Waals surface area (Å²) in [5.74, 6) is 0.235. The first-order chi connectivity index (χ1) is 8.31. The Balaban J connectivity index is 2.99. The number of benzene rings is 1. The summed E-state index contributed by atoms with van der Waals surface area (Å²) in [7, 11) is 0. The largest absolute Gasteiger partial charge is 0.345 e. The number of hydrogen-bond acceptors (Lipinski definition) is 2. The Morgan fingerprint density at radius 1 is 1.50 bits per heavy atom. The molecule has 0 aliphatic rings. The van der Waals surface area contributed by atoms with Crippen molar-refractivity contribution in [2.24, 2.45) is 11.7 Å². The molecule has 0 bridgehead atoms. The van der Waals surface area contributed by atoms with Crippen LogP contribution in [0.5, 0.6) is 0 Å². The summed E-state index contributed by atoms with van der Waals surface area (Å²) in [6, 6.07) is 5.76. The summed E-state index contributed by atoms with van der Waals surface area (Å²) in [4.78, 5) is 12.3. The maximum atomic E-state index is 12.3. The lowest BCUT2D eigenvalue weighted by Gasteiger charge is -2.33. The highest BCUT2D eigenvalue weighted by Gasteiger charge is 2.29. The Labute approximate surface area is 123 Å². The van der Waals surface area contributed by atoms with Crippen LogP contribution in [0.3, 0.4) is 0 Å². The van der Waals surface area contributed by atoms with Crippen molar-refractivity contribution in [1.29, 1.82) is 0 Å². The third-order valence-corrected chi connectivity index (χ3v) is 4.97. The minimum absolute atomic E-state index is 0.0512. The molecule has 1 amide bonds. The molecule has 1 aromatic rings. The molecule has 3 N–H and O–H groups in total. The van der Waals surface area contributed by atoms with Crippen LogP contribution in [0.2, 0.25) is 0 Å². The van der Waals surface area contributed by atoms with Crippen LogP contribution >= 0.6 is 22.6 Å². The van der Waals surface area contributed by atoms with Crippen molar-refractivity contribution in [2.75, 3.05) is 6.54 Å². The SMILES string of the molecule is Cc1cccc(C(=O)NC(C)(CN)C(C)C)c1I. The predicted octanol–water partition coefficient (Wildman–Crippen LogP) is 2.70. The fraction of sp³-hybridized carbons (Fsp3) is 0.500. The fourth-order valence-electron chi connectivity index (χ4n) is 1.58. The van der Waals surface area contributed by atoms with Crippen LogP contribution in [-0.2, 0) is 0 Å². The highest BCUT2D eigenvalue weighted by Crippen LogP contribution is 2.20. The van der Waals surface area contributed by atoms with Crippen molar-refractivity contribution in [2.45, 2.75) is 33.2 Å². The van der Waals surface area contributed by atoms with E-state index in [9.17, 15) is 4.79 Å². The average molecular weight is 360 g/mol. The van der Waals surface area contributed by atoms with Crippen molar-refractivity contribution in [3.8, 4) is 0 Å². The Hall–Kier alpha value is -0.620. The van der Waals surface area contributed by atoms with Crippen LogP contribution in [0.15, 0.2) is 18.2 Å². The number of nitrogens with two attached hydrogens (primary N) is 1. The van der Waals surface area contributed by atoms with Gasteiger partial charge >= 0.3 is 0 Å². The first-order valence-electron chi connectivity index (χ1n) is 6.09. The number of hydrogen-bond donors (Lipinski definition) is 2. The van der Waals surface area contributed by atoms with Crippen LogP contribution in [0.25, 0.3) is 0 Å². The van der Waals surface area contributed by atoms with E-state index < -0.39 is 0 Å². The van der Waals surface area contributed by atoms with Crippen molar-refractivity contribution >= 4 is 28.5 Å². The number of carbonyl (C=O) groups excluding carboxylic acids is 1. The minimum atomic E-state index is -0.371. The molecule has 0 aromatic heterocycles. The summed E-state index contributed by atoms with van der Waals surface area (Å²) >= 11 is 2.21. The van der Waals surface area contributed by atoms with Crippen LogP contribution < -0.4 is 11.1 Å². The smallest absolute Gasteiger partial charge is 0.252 e. The summed E-state index contributed by atoms with van der Waals surface area (Å²) < 4.78 is 0.996. The van der Waals surface area contributed by atoms with E-state index in [-0.39, 0.29) is 17.4 Å². The zero-order valence-corrected chi connectivity index (χ0v) is 13.5. The van der Waals surface area contributed by atoms with Crippen LogP contribution in [-0.4, -0.2) is 18.0 Å². The highest BCUT2D eigenvalue weighted by molar-refractivity contribution is 14.1. The average Bonchev–Trinajstić information content (AvgIpc) is 2.32.